The van der Waals surface area contributed by atoms with Crippen molar-refractivity contribution < 1.29 is 18.6 Å². The van der Waals surface area contributed by atoms with Gasteiger partial charge in [-0.05, 0) is 18.9 Å². The van der Waals surface area contributed by atoms with Gasteiger partial charge < -0.3 is 15.2 Å². The van der Waals surface area contributed by atoms with E-state index in [4.69, 9.17) is 0 Å². The summed E-state index contributed by atoms with van der Waals surface area (Å²) in [5.41, 5.74) is 0.681. The van der Waals surface area contributed by atoms with E-state index in [0.717, 1.165) is 25.7 Å². The fourth-order valence-electron chi connectivity index (χ4n) is 2.45. The van der Waals surface area contributed by atoms with Crippen molar-refractivity contribution in [3.05, 3.63) is 29.8 Å². The molecule has 0 amide bonds. The molecule has 0 saturated heterocycles. The maximum Gasteiger partial charge on any atom is 0.387 e. The zero-order valence-electron chi connectivity index (χ0n) is 10.7. The van der Waals surface area contributed by atoms with E-state index < -0.39 is 6.61 Å². The van der Waals surface area contributed by atoms with Gasteiger partial charge in [-0.3, -0.25) is 0 Å². The molecule has 0 aliphatic heterocycles. The van der Waals surface area contributed by atoms with Crippen molar-refractivity contribution in [3.63, 3.8) is 0 Å². The van der Waals surface area contributed by atoms with E-state index >= 15 is 0 Å². The summed E-state index contributed by atoms with van der Waals surface area (Å²) < 4.78 is 29.0. The van der Waals surface area contributed by atoms with Crippen molar-refractivity contribution in [2.75, 3.05) is 0 Å². The first-order valence-electron chi connectivity index (χ1n) is 6.61. The van der Waals surface area contributed by atoms with E-state index in [9.17, 15) is 13.9 Å². The zero-order chi connectivity index (χ0) is 13.7. The van der Waals surface area contributed by atoms with Crippen molar-refractivity contribution in [3.8, 4) is 5.75 Å². The van der Waals surface area contributed by atoms with Crippen LogP contribution in [-0.4, -0.2) is 23.9 Å². The molecular formula is C14H19F2NO2. The van der Waals surface area contributed by atoms with Gasteiger partial charge in [-0.2, -0.15) is 8.78 Å². The predicted molar refractivity (Wildman–Crippen MR) is 68.2 cm³/mol. The van der Waals surface area contributed by atoms with Gasteiger partial charge in [0.1, 0.15) is 5.75 Å². The maximum absolute atomic E-state index is 12.3. The average molecular weight is 271 g/mol. The van der Waals surface area contributed by atoms with E-state index in [1.54, 1.807) is 18.2 Å². The Morgan fingerprint density at radius 1 is 1.26 bits per heavy atom. The standard InChI is InChI=1S/C14H19F2NO2/c15-14(16)19-13-8-4-1-5-10(13)9-17-11-6-2-3-7-12(11)18/h1,4-5,8,11-12,14,17-18H,2-3,6-7,9H2. The van der Waals surface area contributed by atoms with Crippen LogP contribution in [0.2, 0.25) is 0 Å². The fourth-order valence-corrected chi connectivity index (χ4v) is 2.45. The average Bonchev–Trinajstić information content (AvgIpc) is 2.39. The van der Waals surface area contributed by atoms with Crippen LogP contribution in [0, 0.1) is 0 Å². The van der Waals surface area contributed by atoms with E-state index in [0.29, 0.717) is 12.1 Å². The highest BCUT2D eigenvalue weighted by Gasteiger charge is 2.22. The lowest BCUT2D eigenvalue weighted by atomic mass is 9.92. The Labute approximate surface area is 111 Å². The molecule has 1 aromatic rings. The molecule has 0 heterocycles. The molecule has 0 bridgehead atoms. The Morgan fingerprint density at radius 2 is 2.00 bits per heavy atom. The Hall–Kier alpha value is -1.20. The summed E-state index contributed by atoms with van der Waals surface area (Å²) >= 11 is 0. The Kier molecular flexibility index (Phi) is 5.10. The number of nitrogens with one attached hydrogen (secondary N) is 1. The van der Waals surface area contributed by atoms with Crippen molar-refractivity contribution >= 4 is 0 Å². The molecule has 2 unspecified atom stereocenters. The van der Waals surface area contributed by atoms with Crippen LogP contribution in [0.3, 0.4) is 0 Å². The highest BCUT2D eigenvalue weighted by molar-refractivity contribution is 5.33. The normalized spacial score (nSPS) is 23.6. The molecular weight excluding hydrogens is 252 g/mol. The molecule has 1 fully saturated rings. The summed E-state index contributed by atoms with van der Waals surface area (Å²) in [4.78, 5) is 0. The fraction of sp³-hybridized carbons (Fsp3) is 0.571. The third-order valence-electron chi connectivity index (χ3n) is 3.47. The lowest BCUT2D eigenvalue weighted by Crippen LogP contribution is -2.41. The molecule has 2 atom stereocenters. The molecule has 3 nitrogen and oxygen atoms in total. The van der Waals surface area contributed by atoms with Gasteiger partial charge in [0.25, 0.3) is 0 Å². The summed E-state index contributed by atoms with van der Waals surface area (Å²) in [5, 5.41) is 13.1. The lowest BCUT2D eigenvalue weighted by Gasteiger charge is -2.28. The first kappa shape index (κ1) is 14.2. The van der Waals surface area contributed by atoms with Gasteiger partial charge in [0.2, 0.25) is 0 Å². The molecule has 19 heavy (non-hydrogen) atoms. The van der Waals surface area contributed by atoms with Crippen LogP contribution in [0.15, 0.2) is 24.3 Å². The molecule has 106 valence electrons. The van der Waals surface area contributed by atoms with Gasteiger partial charge in [-0.1, -0.05) is 31.0 Å². The zero-order valence-corrected chi connectivity index (χ0v) is 10.7. The first-order chi connectivity index (χ1) is 9.16. The summed E-state index contributed by atoms with van der Waals surface area (Å²) in [5.74, 6) is 0.190. The topological polar surface area (TPSA) is 41.5 Å². The number of hydrogen-bond donors (Lipinski definition) is 2. The Bertz CT molecular complexity index is 401. The second-order valence-electron chi connectivity index (χ2n) is 4.83. The van der Waals surface area contributed by atoms with Crippen LogP contribution in [0.4, 0.5) is 8.78 Å². The molecule has 0 spiro atoms. The maximum atomic E-state index is 12.3. The lowest BCUT2D eigenvalue weighted by molar-refractivity contribution is -0.0505. The first-order valence-corrected chi connectivity index (χ1v) is 6.61. The molecule has 5 heteroatoms. The summed E-state index contributed by atoms with van der Waals surface area (Å²) in [6, 6.07) is 6.76. The third-order valence-corrected chi connectivity index (χ3v) is 3.47. The monoisotopic (exact) mass is 271 g/mol. The van der Waals surface area contributed by atoms with Gasteiger partial charge in [0.15, 0.2) is 0 Å². The van der Waals surface area contributed by atoms with Crippen molar-refractivity contribution in [1.29, 1.82) is 0 Å². The quantitative estimate of drug-likeness (QED) is 0.865. The number of rotatable bonds is 5. The predicted octanol–water partition coefficient (Wildman–Crippen LogP) is 2.68. The van der Waals surface area contributed by atoms with Crippen molar-refractivity contribution in [1.82, 2.24) is 5.32 Å². The second-order valence-corrected chi connectivity index (χ2v) is 4.83. The van der Waals surface area contributed by atoms with Crippen LogP contribution >= 0.6 is 0 Å². The minimum absolute atomic E-state index is 0.0355. The number of alkyl halides is 2. The molecule has 1 aliphatic rings. The minimum atomic E-state index is -2.82. The van der Waals surface area contributed by atoms with Crippen LogP contribution in [0.1, 0.15) is 31.2 Å². The summed E-state index contributed by atoms with van der Waals surface area (Å²) in [7, 11) is 0. The highest BCUT2D eigenvalue weighted by atomic mass is 19.3. The Morgan fingerprint density at radius 3 is 2.74 bits per heavy atom. The van der Waals surface area contributed by atoms with E-state index in [2.05, 4.69) is 10.1 Å². The van der Waals surface area contributed by atoms with Gasteiger partial charge in [0.05, 0.1) is 6.10 Å². The third kappa shape index (κ3) is 4.14. The molecule has 1 saturated carbocycles. The molecule has 0 radical (unpaired) electrons. The van der Waals surface area contributed by atoms with Crippen molar-refractivity contribution in [2.45, 2.75) is 51.0 Å². The number of aliphatic hydroxyl groups is 1. The number of ether oxygens (including phenoxy) is 1. The molecule has 1 aliphatic carbocycles. The van der Waals surface area contributed by atoms with Gasteiger partial charge in [0, 0.05) is 18.2 Å². The SMILES string of the molecule is OC1CCCCC1NCc1ccccc1OC(F)F. The summed E-state index contributed by atoms with van der Waals surface area (Å²) in [6.45, 7) is -2.40. The van der Waals surface area contributed by atoms with E-state index in [-0.39, 0.29) is 17.9 Å². The smallest absolute Gasteiger partial charge is 0.387 e. The van der Waals surface area contributed by atoms with Gasteiger partial charge in [-0.25, -0.2) is 0 Å². The van der Waals surface area contributed by atoms with Crippen LogP contribution in [0.25, 0.3) is 0 Å². The number of aliphatic hydroxyl groups excluding tert-OH is 1. The number of para-hydroxylation sites is 1. The molecule has 1 aromatic carbocycles. The second kappa shape index (κ2) is 6.82. The number of benzene rings is 1. The number of halogens is 2. The highest BCUT2D eigenvalue weighted by Crippen LogP contribution is 2.22. The largest absolute Gasteiger partial charge is 0.434 e. The van der Waals surface area contributed by atoms with Gasteiger partial charge in [-0.15, -0.1) is 0 Å². The van der Waals surface area contributed by atoms with Crippen LogP contribution in [-0.2, 0) is 6.54 Å². The van der Waals surface area contributed by atoms with Gasteiger partial charge >= 0.3 is 6.61 Å². The number of hydrogen-bond acceptors (Lipinski definition) is 3. The van der Waals surface area contributed by atoms with Crippen LogP contribution in [0.5, 0.6) is 5.75 Å². The van der Waals surface area contributed by atoms with E-state index in [1.807, 2.05) is 0 Å². The minimum Gasteiger partial charge on any atom is -0.434 e. The van der Waals surface area contributed by atoms with Crippen LogP contribution < -0.4 is 10.1 Å². The van der Waals surface area contributed by atoms with Crippen molar-refractivity contribution in [2.24, 2.45) is 0 Å². The molecule has 2 N–H and O–H groups in total. The summed E-state index contributed by atoms with van der Waals surface area (Å²) in [6.07, 6.45) is 3.50. The molecule has 0 aromatic heterocycles. The van der Waals surface area contributed by atoms with E-state index in [1.165, 1.54) is 6.07 Å². The Balaban J connectivity index is 1.94. The molecule has 2 rings (SSSR count).